The van der Waals surface area contributed by atoms with E-state index in [1.54, 1.807) is 0 Å². The second kappa shape index (κ2) is 6.04. The summed E-state index contributed by atoms with van der Waals surface area (Å²) in [5.74, 6) is 1.82. The van der Waals surface area contributed by atoms with Crippen LogP contribution in [0.3, 0.4) is 0 Å². The highest BCUT2D eigenvalue weighted by Gasteiger charge is 2.22. The van der Waals surface area contributed by atoms with Gasteiger partial charge in [0.2, 0.25) is 10.0 Å². The van der Waals surface area contributed by atoms with Gasteiger partial charge in [-0.15, -0.1) is 12.3 Å². The van der Waals surface area contributed by atoms with Crippen molar-refractivity contribution in [2.75, 3.05) is 12.3 Å². The molecule has 104 valence electrons. The third-order valence-corrected chi connectivity index (χ3v) is 4.51. The van der Waals surface area contributed by atoms with Gasteiger partial charge >= 0.3 is 0 Å². The molecule has 4 nitrogen and oxygen atoms in total. The predicted molar refractivity (Wildman–Crippen MR) is 73.5 cm³/mol. The van der Waals surface area contributed by atoms with E-state index in [1.165, 1.54) is 13.8 Å². The molecule has 0 aliphatic heterocycles. The summed E-state index contributed by atoms with van der Waals surface area (Å²) in [6, 6.07) is 1.12. The normalized spacial score (nSPS) is 11.3. The van der Waals surface area contributed by atoms with E-state index in [9.17, 15) is 12.8 Å². The summed E-state index contributed by atoms with van der Waals surface area (Å²) in [5, 5.41) is 0. The molecule has 6 heteroatoms. The van der Waals surface area contributed by atoms with Crippen LogP contribution in [0.25, 0.3) is 0 Å². The molecule has 0 aliphatic rings. The van der Waals surface area contributed by atoms with Crippen molar-refractivity contribution in [3.05, 3.63) is 23.0 Å². The van der Waals surface area contributed by atoms with Crippen LogP contribution in [-0.4, -0.2) is 15.0 Å². The Labute approximate surface area is 113 Å². The number of benzene rings is 1. The van der Waals surface area contributed by atoms with Gasteiger partial charge in [0.05, 0.1) is 10.6 Å². The number of anilines is 1. The largest absolute Gasteiger partial charge is 0.396 e. The van der Waals surface area contributed by atoms with Gasteiger partial charge in [-0.1, -0.05) is 0 Å². The molecule has 3 N–H and O–H groups in total. The fourth-order valence-electron chi connectivity index (χ4n) is 1.81. The molecule has 0 fully saturated rings. The molecule has 0 heterocycles. The smallest absolute Gasteiger partial charge is 0.241 e. The molecular formula is C13H17FN2O2S. The number of nitrogens with two attached hydrogens (primary N) is 1. The molecule has 0 spiro atoms. The summed E-state index contributed by atoms with van der Waals surface area (Å²) in [7, 11) is -3.71. The first-order valence-corrected chi connectivity index (χ1v) is 7.28. The topological polar surface area (TPSA) is 72.2 Å². The molecule has 0 amide bonds. The zero-order chi connectivity index (χ0) is 14.6. The molecule has 0 bridgehead atoms. The van der Waals surface area contributed by atoms with Crippen molar-refractivity contribution in [1.29, 1.82) is 0 Å². The van der Waals surface area contributed by atoms with Gasteiger partial charge in [-0.25, -0.2) is 17.5 Å². The molecule has 0 radical (unpaired) electrons. The lowest BCUT2D eigenvalue weighted by atomic mass is 10.1. The fraction of sp³-hybridized carbons (Fsp3) is 0.385. The number of unbranched alkanes of at least 4 members (excludes halogenated alkanes) is 1. The summed E-state index contributed by atoms with van der Waals surface area (Å²) in [6.07, 6.45) is 6.13. The minimum Gasteiger partial charge on any atom is -0.396 e. The molecule has 0 saturated carbocycles. The van der Waals surface area contributed by atoms with Gasteiger partial charge in [0, 0.05) is 13.0 Å². The maximum absolute atomic E-state index is 13.4. The molecule has 1 aromatic carbocycles. The van der Waals surface area contributed by atoms with E-state index < -0.39 is 15.8 Å². The zero-order valence-electron chi connectivity index (χ0n) is 11.0. The molecule has 0 aliphatic carbocycles. The van der Waals surface area contributed by atoms with Crippen molar-refractivity contribution in [3.63, 3.8) is 0 Å². The second-order valence-electron chi connectivity index (χ2n) is 4.25. The third kappa shape index (κ3) is 3.46. The standard InChI is InChI=1S/C13H17FN2O2S/c1-4-5-6-7-16-19(17,18)13-9(2)8-11(14)12(15)10(13)3/h1,8,16H,5-7,15H2,2-3H3. The molecule has 0 aromatic heterocycles. The number of nitrogen functional groups attached to an aromatic ring is 1. The van der Waals surface area contributed by atoms with Gasteiger partial charge in [0.15, 0.2) is 0 Å². The van der Waals surface area contributed by atoms with Gasteiger partial charge in [0.1, 0.15) is 5.82 Å². The average Bonchev–Trinajstić information content (AvgIpc) is 2.31. The molecule has 19 heavy (non-hydrogen) atoms. The number of halogens is 1. The van der Waals surface area contributed by atoms with Crippen molar-refractivity contribution in [2.45, 2.75) is 31.6 Å². The summed E-state index contributed by atoms with van der Waals surface area (Å²) < 4.78 is 40.2. The van der Waals surface area contributed by atoms with Crippen LogP contribution in [0.15, 0.2) is 11.0 Å². The first-order valence-electron chi connectivity index (χ1n) is 5.79. The number of aryl methyl sites for hydroxylation is 1. The van der Waals surface area contributed by atoms with E-state index in [1.807, 2.05) is 0 Å². The Kier molecular flexibility index (Phi) is 4.92. The quantitative estimate of drug-likeness (QED) is 0.491. The third-order valence-electron chi connectivity index (χ3n) is 2.76. The number of hydrogen-bond acceptors (Lipinski definition) is 3. The monoisotopic (exact) mass is 284 g/mol. The average molecular weight is 284 g/mol. The predicted octanol–water partition coefficient (Wildman–Crippen LogP) is 1.72. The highest BCUT2D eigenvalue weighted by Crippen LogP contribution is 2.27. The first-order chi connectivity index (χ1) is 8.81. The second-order valence-corrected chi connectivity index (χ2v) is 5.95. The number of sulfonamides is 1. The Hall–Kier alpha value is -1.58. The lowest BCUT2D eigenvalue weighted by molar-refractivity contribution is 0.577. The van der Waals surface area contributed by atoms with Crippen molar-refractivity contribution in [2.24, 2.45) is 0 Å². The highest BCUT2D eigenvalue weighted by atomic mass is 32.2. The lowest BCUT2D eigenvalue weighted by Gasteiger charge is -2.14. The van der Waals surface area contributed by atoms with Gasteiger partial charge < -0.3 is 5.73 Å². The van der Waals surface area contributed by atoms with E-state index >= 15 is 0 Å². The summed E-state index contributed by atoms with van der Waals surface area (Å²) in [4.78, 5) is 0.0344. The Morgan fingerprint density at radius 2 is 2.11 bits per heavy atom. The van der Waals surface area contributed by atoms with Crippen LogP contribution in [0, 0.1) is 32.0 Å². The maximum atomic E-state index is 13.4. The Bertz CT molecular complexity index is 619. The van der Waals surface area contributed by atoms with Gasteiger partial charge in [-0.2, -0.15) is 0 Å². The molecule has 0 unspecified atom stereocenters. The number of nitrogens with one attached hydrogen (secondary N) is 1. The van der Waals surface area contributed by atoms with E-state index in [0.717, 1.165) is 6.07 Å². The van der Waals surface area contributed by atoms with Gasteiger partial charge in [-0.05, 0) is 37.5 Å². The number of hydrogen-bond donors (Lipinski definition) is 2. The Morgan fingerprint density at radius 3 is 2.68 bits per heavy atom. The Morgan fingerprint density at radius 1 is 1.47 bits per heavy atom. The van der Waals surface area contributed by atoms with Crippen molar-refractivity contribution >= 4 is 15.7 Å². The van der Waals surface area contributed by atoms with E-state index in [-0.39, 0.29) is 22.7 Å². The van der Waals surface area contributed by atoms with Crippen molar-refractivity contribution < 1.29 is 12.8 Å². The van der Waals surface area contributed by atoms with E-state index in [4.69, 9.17) is 12.2 Å². The summed E-state index contributed by atoms with van der Waals surface area (Å²) in [5.41, 5.74) is 5.94. The van der Waals surface area contributed by atoms with Crippen LogP contribution in [-0.2, 0) is 10.0 Å². The highest BCUT2D eigenvalue weighted by molar-refractivity contribution is 7.89. The fourth-order valence-corrected chi connectivity index (χ4v) is 3.37. The van der Waals surface area contributed by atoms with Gasteiger partial charge in [0.25, 0.3) is 0 Å². The number of terminal acetylenes is 1. The molecule has 1 aromatic rings. The van der Waals surface area contributed by atoms with E-state index in [0.29, 0.717) is 18.4 Å². The van der Waals surface area contributed by atoms with Crippen LogP contribution in [0.5, 0.6) is 0 Å². The van der Waals surface area contributed by atoms with E-state index in [2.05, 4.69) is 10.6 Å². The maximum Gasteiger partial charge on any atom is 0.241 e. The molecule has 0 saturated heterocycles. The first kappa shape index (κ1) is 15.5. The Balaban J connectivity index is 3.09. The van der Waals surface area contributed by atoms with Crippen LogP contribution in [0.4, 0.5) is 10.1 Å². The van der Waals surface area contributed by atoms with Gasteiger partial charge in [-0.3, -0.25) is 0 Å². The SMILES string of the molecule is C#CCCCNS(=O)(=O)c1c(C)cc(F)c(N)c1C. The molecule has 0 atom stereocenters. The number of rotatable bonds is 5. The van der Waals surface area contributed by atoms with Crippen LogP contribution < -0.4 is 10.5 Å². The van der Waals surface area contributed by atoms with Crippen LogP contribution >= 0.6 is 0 Å². The zero-order valence-corrected chi connectivity index (χ0v) is 11.8. The summed E-state index contributed by atoms with van der Waals surface area (Å²) >= 11 is 0. The minimum absolute atomic E-state index is 0.0344. The van der Waals surface area contributed by atoms with Crippen LogP contribution in [0.2, 0.25) is 0 Å². The van der Waals surface area contributed by atoms with Crippen molar-refractivity contribution in [3.8, 4) is 12.3 Å². The lowest BCUT2D eigenvalue weighted by Crippen LogP contribution is -2.26. The van der Waals surface area contributed by atoms with Crippen LogP contribution in [0.1, 0.15) is 24.0 Å². The van der Waals surface area contributed by atoms with Crippen molar-refractivity contribution in [1.82, 2.24) is 4.72 Å². The minimum atomic E-state index is -3.71. The molecular weight excluding hydrogens is 267 g/mol. The molecule has 1 rings (SSSR count). The summed E-state index contributed by atoms with van der Waals surface area (Å²) in [6.45, 7) is 3.26.